The maximum Gasteiger partial charge on any atom is 0.258 e. The quantitative estimate of drug-likeness (QED) is 0.773. The van der Waals surface area contributed by atoms with Gasteiger partial charge in [0, 0.05) is 12.6 Å². The Hall–Kier alpha value is -1.46. The van der Waals surface area contributed by atoms with Gasteiger partial charge in [0.05, 0.1) is 12.1 Å². The summed E-state index contributed by atoms with van der Waals surface area (Å²) in [5.41, 5.74) is 6.42. The maximum atomic E-state index is 11.8. The van der Waals surface area contributed by atoms with E-state index in [4.69, 9.17) is 26.8 Å². The fourth-order valence-electron chi connectivity index (χ4n) is 1.99. The molecule has 0 aromatic heterocycles. The lowest BCUT2D eigenvalue weighted by atomic mass is 10.2. The average Bonchev–Trinajstić information content (AvgIpc) is 2.45. The number of amides is 1. The van der Waals surface area contributed by atoms with Crippen molar-refractivity contribution in [2.24, 2.45) is 5.73 Å². The Labute approximate surface area is 130 Å². The highest BCUT2D eigenvalue weighted by Crippen LogP contribution is 2.36. The summed E-state index contributed by atoms with van der Waals surface area (Å²) in [7, 11) is 1.52. The van der Waals surface area contributed by atoms with Crippen LogP contribution in [-0.4, -0.2) is 25.7 Å². The van der Waals surface area contributed by atoms with Crippen LogP contribution in [0.3, 0.4) is 0 Å². The third-order valence-corrected chi connectivity index (χ3v) is 3.28. The lowest BCUT2D eigenvalue weighted by Gasteiger charge is -2.15. The van der Waals surface area contributed by atoms with Gasteiger partial charge in [-0.05, 0) is 31.0 Å². The molecule has 1 rings (SSSR count). The maximum absolute atomic E-state index is 11.8. The molecule has 1 amide bonds. The normalized spacial score (nSPS) is 11.9. The monoisotopic (exact) mass is 314 g/mol. The first-order valence-corrected chi connectivity index (χ1v) is 7.38. The topological polar surface area (TPSA) is 73.6 Å². The van der Waals surface area contributed by atoms with E-state index in [0.29, 0.717) is 23.1 Å². The Kier molecular flexibility index (Phi) is 7.32. The van der Waals surface area contributed by atoms with Crippen molar-refractivity contribution in [1.29, 1.82) is 0 Å². The lowest BCUT2D eigenvalue weighted by molar-refractivity contribution is -0.123. The van der Waals surface area contributed by atoms with Crippen LogP contribution in [0.5, 0.6) is 11.5 Å². The minimum Gasteiger partial charge on any atom is -0.493 e. The van der Waals surface area contributed by atoms with E-state index >= 15 is 0 Å². The fourth-order valence-corrected chi connectivity index (χ4v) is 2.28. The van der Waals surface area contributed by atoms with Gasteiger partial charge in [-0.15, -0.1) is 0 Å². The Balaban J connectivity index is 2.68. The molecule has 3 N–H and O–H groups in total. The number of nitrogens with two attached hydrogens (primary N) is 1. The van der Waals surface area contributed by atoms with Crippen molar-refractivity contribution in [3.8, 4) is 11.5 Å². The zero-order chi connectivity index (χ0) is 15.8. The van der Waals surface area contributed by atoms with E-state index in [1.54, 1.807) is 12.1 Å². The van der Waals surface area contributed by atoms with E-state index in [-0.39, 0.29) is 18.6 Å². The molecule has 5 nitrogen and oxygen atoms in total. The first kappa shape index (κ1) is 17.6. The standard InChI is InChI=1S/C15H23ClN2O3/c1-4-5-10(2)18-14(19)9-21-15-12(16)6-11(8-17)7-13(15)20-3/h6-7,10H,4-5,8-9,17H2,1-3H3,(H,18,19). The summed E-state index contributed by atoms with van der Waals surface area (Å²) < 4.78 is 10.7. The van der Waals surface area contributed by atoms with Crippen LogP contribution in [0.25, 0.3) is 0 Å². The van der Waals surface area contributed by atoms with Gasteiger partial charge >= 0.3 is 0 Å². The highest BCUT2D eigenvalue weighted by molar-refractivity contribution is 6.32. The molecule has 1 atom stereocenters. The average molecular weight is 315 g/mol. The van der Waals surface area contributed by atoms with Crippen molar-refractivity contribution in [2.75, 3.05) is 13.7 Å². The SMILES string of the molecule is CCCC(C)NC(=O)COc1c(Cl)cc(CN)cc1OC. The van der Waals surface area contributed by atoms with Crippen LogP contribution >= 0.6 is 11.6 Å². The van der Waals surface area contributed by atoms with Gasteiger partial charge in [-0.2, -0.15) is 0 Å². The first-order valence-electron chi connectivity index (χ1n) is 7.00. The Morgan fingerprint density at radius 2 is 2.19 bits per heavy atom. The van der Waals surface area contributed by atoms with Crippen LogP contribution in [0.1, 0.15) is 32.3 Å². The van der Waals surface area contributed by atoms with Gasteiger partial charge in [-0.1, -0.05) is 24.9 Å². The molecule has 0 aliphatic carbocycles. The van der Waals surface area contributed by atoms with Gasteiger partial charge < -0.3 is 20.5 Å². The summed E-state index contributed by atoms with van der Waals surface area (Å²) in [5, 5.41) is 3.24. The van der Waals surface area contributed by atoms with Gasteiger partial charge in [0.2, 0.25) is 0 Å². The van der Waals surface area contributed by atoms with E-state index < -0.39 is 0 Å². The number of nitrogens with one attached hydrogen (secondary N) is 1. The number of hydrogen-bond donors (Lipinski definition) is 2. The third-order valence-electron chi connectivity index (χ3n) is 3.00. The summed E-state index contributed by atoms with van der Waals surface area (Å²) in [4.78, 5) is 11.8. The van der Waals surface area contributed by atoms with Gasteiger partial charge in [-0.3, -0.25) is 4.79 Å². The number of halogens is 1. The van der Waals surface area contributed by atoms with Crippen molar-refractivity contribution < 1.29 is 14.3 Å². The van der Waals surface area contributed by atoms with Crippen molar-refractivity contribution in [3.63, 3.8) is 0 Å². The second-order valence-electron chi connectivity index (χ2n) is 4.86. The molecule has 0 aliphatic rings. The van der Waals surface area contributed by atoms with Crippen LogP contribution < -0.4 is 20.5 Å². The highest BCUT2D eigenvalue weighted by atomic mass is 35.5. The Morgan fingerprint density at radius 3 is 2.76 bits per heavy atom. The van der Waals surface area contributed by atoms with Gasteiger partial charge in [0.1, 0.15) is 0 Å². The number of ether oxygens (including phenoxy) is 2. The van der Waals surface area contributed by atoms with Gasteiger partial charge in [0.15, 0.2) is 18.1 Å². The highest BCUT2D eigenvalue weighted by Gasteiger charge is 2.14. The molecule has 0 saturated heterocycles. The molecule has 0 heterocycles. The van der Waals surface area contributed by atoms with Gasteiger partial charge in [-0.25, -0.2) is 0 Å². The number of hydrogen-bond acceptors (Lipinski definition) is 4. The Bertz CT molecular complexity index is 480. The van der Waals surface area contributed by atoms with Crippen molar-refractivity contribution in [2.45, 2.75) is 39.3 Å². The van der Waals surface area contributed by atoms with Crippen molar-refractivity contribution in [3.05, 3.63) is 22.7 Å². The second kappa shape index (κ2) is 8.74. The molecule has 1 unspecified atom stereocenters. The van der Waals surface area contributed by atoms with E-state index in [9.17, 15) is 4.79 Å². The largest absolute Gasteiger partial charge is 0.493 e. The van der Waals surface area contributed by atoms with E-state index in [0.717, 1.165) is 18.4 Å². The summed E-state index contributed by atoms with van der Waals surface area (Å²) in [6, 6.07) is 3.58. The molecule has 1 aromatic carbocycles. The predicted molar refractivity (Wildman–Crippen MR) is 83.9 cm³/mol. The summed E-state index contributed by atoms with van der Waals surface area (Å²) >= 11 is 6.14. The van der Waals surface area contributed by atoms with Crippen LogP contribution in [0, 0.1) is 0 Å². The molecular formula is C15H23ClN2O3. The van der Waals surface area contributed by atoms with Crippen LogP contribution in [-0.2, 0) is 11.3 Å². The molecule has 0 radical (unpaired) electrons. The van der Waals surface area contributed by atoms with E-state index in [2.05, 4.69) is 12.2 Å². The first-order chi connectivity index (χ1) is 10.0. The summed E-state index contributed by atoms with van der Waals surface area (Å²) in [6.45, 7) is 4.28. The molecule has 6 heteroatoms. The van der Waals surface area contributed by atoms with Gasteiger partial charge in [0.25, 0.3) is 5.91 Å². The molecular weight excluding hydrogens is 292 g/mol. The minimum atomic E-state index is -0.183. The zero-order valence-corrected chi connectivity index (χ0v) is 13.5. The minimum absolute atomic E-state index is 0.105. The number of benzene rings is 1. The molecule has 0 spiro atoms. The molecule has 0 bridgehead atoms. The predicted octanol–water partition coefficient (Wildman–Crippen LogP) is 2.49. The van der Waals surface area contributed by atoms with Crippen LogP contribution in [0.2, 0.25) is 5.02 Å². The molecule has 1 aromatic rings. The van der Waals surface area contributed by atoms with E-state index in [1.807, 2.05) is 6.92 Å². The smallest absolute Gasteiger partial charge is 0.258 e. The molecule has 21 heavy (non-hydrogen) atoms. The summed E-state index contributed by atoms with van der Waals surface area (Å²) in [5.74, 6) is 0.643. The van der Waals surface area contributed by atoms with E-state index in [1.165, 1.54) is 7.11 Å². The number of carbonyl (C=O) groups is 1. The summed E-state index contributed by atoms with van der Waals surface area (Å²) in [6.07, 6.45) is 1.95. The fraction of sp³-hybridized carbons (Fsp3) is 0.533. The zero-order valence-electron chi connectivity index (χ0n) is 12.7. The van der Waals surface area contributed by atoms with Crippen molar-refractivity contribution in [1.82, 2.24) is 5.32 Å². The second-order valence-corrected chi connectivity index (χ2v) is 5.27. The molecule has 0 aliphatic heterocycles. The van der Waals surface area contributed by atoms with Crippen LogP contribution in [0.15, 0.2) is 12.1 Å². The number of methoxy groups -OCH3 is 1. The Morgan fingerprint density at radius 1 is 1.48 bits per heavy atom. The molecule has 0 saturated carbocycles. The molecule has 118 valence electrons. The third kappa shape index (κ3) is 5.44. The lowest BCUT2D eigenvalue weighted by Crippen LogP contribution is -2.36. The van der Waals surface area contributed by atoms with Crippen LogP contribution in [0.4, 0.5) is 0 Å². The molecule has 0 fully saturated rings. The van der Waals surface area contributed by atoms with Crippen molar-refractivity contribution >= 4 is 17.5 Å². The number of rotatable bonds is 8. The number of carbonyl (C=O) groups excluding carboxylic acids is 1.